The number of benzene rings is 1. The molecule has 0 atom stereocenters. The van der Waals surface area contributed by atoms with Crippen molar-refractivity contribution in [3.63, 3.8) is 0 Å². The fraction of sp³-hybridized carbons (Fsp3) is 0.571. The average molecular weight is 235 g/mol. The lowest BCUT2D eigenvalue weighted by Crippen LogP contribution is -2.27. The van der Waals surface area contributed by atoms with Gasteiger partial charge in [0.1, 0.15) is 5.75 Å². The molecule has 17 heavy (non-hydrogen) atoms. The summed E-state index contributed by atoms with van der Waals surface area (Å²) >= 11 is 0. The predicted molar refractivity (Wildman–Crippen MR) is 68.2 cm³/mol. The van der Waals surface area contributed by atoms with Crippen LogP contribution in [0.25, 0.3) is 0 Å². The van der Waals surface area contributed by atoms with Crippen LogP contribution in [0.15, 0.2) is 30.3 Å². The summed E-state index contributed by atoms with van der Waals surface area (Å²) in [5.74, 6) is 0.932. The normalized spacial score (nSPS) is 16.8. The second kappa shape index (κ2) is 6.03. The van der Waals surface area contributed by atoms with Crippen molar-refractivity contribution in [3.05, 3.63) is 30.3 Å². The van der Waals surface area contributed by atoms with Crippen LogP contribution >= 0.6 is 0 Å². The third kappa shape index (κ3) is 4.02. The molecule has 0 saturated heterocycles. The number of aliphatic hydroxyl groups excluding tert-OH is 1. The van der Waals surface area contributed by atoms with Crippen LogP contribution in [0, 0.1) is 5.41 Å². The maximum atomic E-state index is 9.14. The smallest absolute Gasteiger partial charge is 0.119 e. The molecule has 94 valence electrons. The number of aliphatic hydroxyl groups is 1. The van der Waals surface area contributed by atoms with E-state index in [1.54, 1.807) is 0 Å². The minimum atomic E-state index is 0.209. The molecule has 0 spiro atoms. The van der Waals surface area contributed by atoms with E-state index in [4.69, 9.17) is 9.84 Å². The molecular weight excluding hydrogens is 214 g/mol. The van der Waals surface area contributed by atoms with Gasteiger partial charge in [0, 0.05) is 18.6 Å². The summed E-state index contributed by atoms with van der Waals surface area (Å²) in [5, 5.41) is 12.5. The number of hydrogen-bond acceptors (Lipinski definition) is 3. The van der Waals surface area contributed by atoms with Gasteiger partial charge >= 0.3 is 0 Å². The van der Waals surface area contributed by atoms with Crippen LogP contribution in [-0.2, 0) is 0 Å². The summed E-state index contributed by atoms with van der Waals surface area (Å²) < 4.78 is 5.59. The van der Waals surface area contributed by atoms with E-state index < -0.39 is 0 Å². The molecule has 0 radical (unpaired) electrons. The van der Waals surface area contributed by atoms with E-state index in [2.05, 4.69) is 5.32 Å². The van der Waals surface area contributed by atoms with Gasteiger partial charge in [0.15, 0.2) is 0 Å². The Bertz CT molecular complexity index is 322. The summed E-state index contributed by atoms with van der Waals surface area (Å²) in [4.78, 5) is 0. The highest BCUT2D eigenvalue weighted by Gasteiger charge is 2.41. The SMILES string of the molecule is OCC1(CNCCCOc2ccccc2)CC1. The molecule has 1 saturated carbocycles. The molecular formula is C14H21NO2. The van der Waals surface area contributed by atoms with Crippen LogP contribution < -0.4 is 10.1 Å². The van der Waals surface area contributed by atoms with Gasteiger partial charge in [0.05, 0.1) is 6.61 Å². The van der Waals surface area contributed by atoms with Crippen LogP contribution in [0.2, 0.25) is 0 Å². The summed E-state index contributed by atoms with van der Waals surface area (Å²) in [6, 6.07) is 9.88. The Morgan fingerprint density at radius 1 is 1.24 bits per heavy atom. The van der Waals surface area contributed by atoms with E-state index in [9.17, 15) is 0 Å². The Kier molecular flexibility index (Phi) is 4.40. The van der Waals surface area contributed by atoms with Crippen molar-refractivity contribution in [2.75, 3.05) is 26.3 Å². The number of ether oxygens (including phenoxy) is 1. The first-order valence-electron chi connectivity index (χ1n) is 6.34. The number of rotatable bonds is 8. The van der Waals surface area contributed by atoms with E-state index in [1.807, 2.05) is 30.3 Å². The molecule has 2 N–H and O–H groups in total. The predicted octanol–water partition coefficient (Wildman–Crippen LogP) is 1.82. The first-order chi connectivity index (χ1) is 8.35. The zero-order valence-electron chi connectivity index (χ0n) is 10.2. The lowest BCUT2D eigenvalue weighted by Gasteiger charge is -2.12. The molecule has 0 heterocycles. The van der Waals surface area contributed by atoms with E-state index in [0.717, 1.165) is 44.7 Å². The maximum absolute atomic E-state index is 9.14. The van der Waals surface area contributed by atoms with Gasteiger partial charge in [-0.15, -0.1) is 0 Å². The molecule has 0 aliphatic heterocycles. The second-order valence-corrected chi connectivity index (χ2v) is 4.85. The summed E-state index contributed by atoms with van der Waals surface area (Å²) in [5.41, 5.74) is 0.209. The minimum absolute atomic E-state index is 0.209. The molecule has 0 bridgehead atoms. The maximum Gasteiger partial charge on any atom is 0.119 e. The molecule has 3 heteroatoms. The van der Waals surface area contributed by atoms with Crippen molar-refractivity contribution >= 4 is 0 Å². The van der Waals surface area contributed by atoms with Crippen LogP contribution in [0.3, 0.4) is 0 Å². The van der Waals surface area contributed by atoms with Crippen molar-refractivity contribution in [2.45, 2.75) is 19.3 Å². The number of para-hydroxylation sites is 1. The molecule has 2 rings (SSSR count). The van der Waals surface area contributed by atoms with Gasteiger partial charge < -0.3 is 15.2 Å². The molecule has 0 aromatic heterocycles. The standard InChI is InChI=1S/C14H21NO2/c16-12-14(7-8-14)11-15-9-4-10-17-13-5-2-1-3-6-13/h1-3,5-6,15-16H,4,7-12H2. The highest BCUT2D eigenvalue weighted by Crippen LogP contribution is 2.44. The lowest BCUT2D eigenvalue weighted by atomic mass is 10.1. The number of nitrogens with one attached hydrogen (secondary N) is 1. The molecule has 1 aliphatic carbocycles. The topological polar surface area (TPSA) is 41.5 Å². The Morgan fingerprint density at radius 3 is 2.65 bits per heavy atom. The Balaban J connectivity index is 1.50. The highest BCUT2D eigenvalue weighted by atomic mass is 16.5. The Morgan fingerprint density at radius 2 is 2.00 bits per heavy atom. The Labute approximate surface area is 103 Å². The molecule has 0 unspecified atom stereocenters. The minimum Gasteiger partial charge on any atom is -0.494 e. The van der Waals surface area contributed by atoms with Gasteiger partial charge in [-0.3, -0.25) is 0 Å². The van der Waals surface area contributed by atoms with Crippen LogP contribution in [0.5, 0.6) is 5.75 Å². The van der Waals surface area contributed by atoms with Gasteiger partial charge in [-0.2, -0.15) is 0 Å². The summed E-state index contributed by atoms with van der Waals surface area (Å²) in [7, 11) is 0. The monoisotopic (exact) mass is 235 g/mol. The van der Waals surface area contributed by atoms with Crippen LogP contribution in [0.1, 0.15) is 19.3 Å². The molecule has 1 fully saturated rings. The van der Waals surface area contributed by atoms with Crippen molar-refractivity contribution in [1.29, 1.82) is 0 Å². The first-order valence-corrected chi connectivity index (χ1v) is 6.34. The zero-order valence-corrected chi connectivity index (χ0v) is 10.2. The van der Waals surface area contributed by atoms with E-state index in [-0.39, 0.29) is 5.41 Å². The van der Waals surface area contributed by atoms with Crippen molar-refractivity contribution < 1.29 is 9.84 Å². The number of hydrogen-bond donors (Lipinski definition) is 2. The van der Waals surface area contributed by atoms with E-state index in [1.165, 1.54) is 0 Å². The first kappa shape index (κ1) is 12.4. The molecule has 3 nitrogen and oxygen atoms in total. The quantitative estimate of drug-likeness (QED) is 0.675. The van der Waals surface area contributed by atoms with Crippen molar-refractivity contribution in [2.24, 2.45) is 5.41 Å². The summed E-state index contributed by atoms with van der Waals surface area (Å²) in [6.45, 7) is 2.95. The molecule has 1 aromatic carbocycles. The fourth-order valence-electron chi connectivity index (χ4n) is 1.83. The van der Waals surface area contributed by atoms with Gasteiger partial charge in [-0.05, 0) is 37.9 Å². The van der Waals surface area contributed by atoms with Gasteiger partial charge in [-0.25, -0.2) is 0 Å². The van der Waals surface area contributed by atoms with Crippen LogP contribution in [-0.4, -0.2) is 31.4 Å². The third-order valence-electron chi connectivity index (χ3n) is 3.30. The van der Waals surface area contributed by atoms with E-state index in [0.29, 0.717) is 6.61 Å². The largest absolute Gasteiger partial charge is 0.494 e. The fourth-order valence-corrected chi connectivity index (χ4v) is 1.83. The second-order valence-electron chi connectivity index (χ2n) is 4.85. The summed E-state index contributed by atoms with van der Waals surface area (Å²) in [6.07, 6.45) is 3.32. The van der Waals surface area contributed by atoms with Crippen LogP contribution in [0.4, 0.5) is 0 Å². The van der Waals surface area contributed by atoms with Gasteiger partial charge in [0.25, 0.3) is 0 Å². The Hall–Kier alpha value is -1.06. The molecule has 0 amide bonds. The average Bonchev–Trinajstić information content (AvgIpc) is 3.16. The molecule has 1 aliphatic rings. The third-order valence-corrected chi connectivity index (χ3v) is 3.30. The van der Waals surface area contributed by atoms with Gasteiger partial charge in [-0.1, -0.05) is 18.2 Å². The van der Waals surface area contributed by atoms with Crippen molar-refractivity contribution in [1.82, 2.24) is 5.32 Å². The van der Waals surface area contributed by atoms with Crippen molar-refractivity contribution in [3.8, 4) is 5.75 Å². The lowest BCUT2D eigenvalue weighted by molar-refractivity contribution is 0.206. The molecule has 1 aromatic rings. The van der Waals surface area contributed by atoms with Gasteiger partial charge in [0.2, 0.25) is 0 Å². The zero-order chi connectivity index (χ0) is 12.0. The van der Waals surface area contributed by atoms with E-state index >= 15 is 0 Å². The highest BCUT2D eigenvalue weighted by molar-refractivity contribution is 5.20.